The normalized spacial score (nSPS) is 20.5. The minimum absolute atomic E-state index is 0.379. The van der Waals surface area contributed by atoms with Gasteiger partial charge in [-0.3, -0.25) is 0 Å². The molecular formula is C30H30O2Se2. The molecule has 4 aromatic rings. The average molecular weight is 580 g/mol. The van der Waals surface area contributed by atoms with Crippen molar-refractivity contribution in [2.75, 3.05) is 13.2 Å². The van der Waals surface area contributed by atoms with Gasteiger partial charge in [0.25, 0.3) is 0 Å². The molecule has 4 aromatic carbocycles. The van der Waals surface area contributed by atoms with E-state index < -0.39 is 0 Å². The summed E-state index contributed by atoms with van der Waals surface area (Å²) in [6.07, 6.45) is 5.74. The SMILES string of the molecule is c1ccc2c(-c3c([Se]CC4CCCO4)ccc4ccccc34)c([Se]CC3CCCO3)ccc2c1. The Balaban J connectivity index is 1.50. The second kappa shape index (κ2) is 10.5. The maximum absolute atomic E-state index is 6.00. The van der Waals surface area contributed by atoms with Crippen LogP contribution >= 0.6 is 0 Å². The van der Waals surface area contributed by atoms with Gasteiger partial charge in [-0.15, -0.1) is 0 Å². The minimum atomic E-state index is 0.379. The van der Waals surface area contributed by atoms with Gasteiger partial charge in [0, 0.05) is 0 Å². The molecular weight excluding hydrogens is 550 g/mol. The zero-order valence-corrected chi connectivity index (χ0v) is 22.8. The molecule has 2 saturated heterocycles. The van der Waals surface area contributed by atoms with E-state index in [0.717, 1.165) is 13.2 Å². The van der Waals surface area contributed by atoms with Crippen molar-refractivity contribution in [3.8, 4) is 11.1 Å². The molecule has 0 aromatic heterocycles. The van der Waals surface area contributed by atoms with Crippen LogP contribution in [0.1, 0.15) is 25.7 Å². The first-order chi connectivity index (χ1) is 16.9. The van der Waals surface area contributed by atoms with E-state index in [-0.39, 0.29) is 0 Å². The summed E-state index contributed by atoms with van der Waals surface area (Å²) in [5, 5.41) is 7.78. The molecule has 0 bridgehead atoms. The van der Waals surface area contributed by atoms with Crippen molar-refractivity contribution in [2.45, 2.75) is 48.5 Å². The summed E-state index contributed by atoms with van der Waals surface area (Å²) in [6.45, 7) is 1.87. The van der Waals surface area contributed by atoms with Crippen LogP contribution in [-0.2, 0) is 9.47 Å². The number of rotatable bonds is 7. The third kappa shape index (κ3) is 4.73. The van der Waals surface area contributed by atoms with Gasteiger partial charge in [0.05, 0.1) is 0 Å². The molecule has 2 aliphatic rings. The molecule has 2 nitrogen and oxygen atoms in total. The van der Waals surface area contributed by atoms with Crippen molar-refractivity contribution in [3.05, 3.63) is 72.8 Å². The van der Waals surface area contributed by atoms with Gasteiger partial charge in [0.2, 0.25) is 0 Å². The van der Waals surface area contributed by atoms with Gasteiger partial charge in [0.1, 0.15) is 0 Å². The molecule has 0 N–H and O–H groups in total. The van der Waals surface area contributed by atoms with Crippen LogP contribution in [0.15, 0.2) is 72.8 Å². The third-order valence-electron chi connectivity index (χ3n) is 6.93. The fourth-order valence-corrected chi connectivity index (χ4v) is 10.00. The molecule has 2 unspecified atom stereocenters. The molecule has 6 rings (SSSR count). The third-order valence-corrected chi connectivity index (χ3v) is 11.9. The molecule has 174 valence electrons. The van der Waals surface area contributed by atoms with Crippen LogP contribution in [0.3, 0.4) is 0 Å². The van der Waals surface area contributed by atoms with Crippen LogP contribution in [0.2, 0.25) is 10.6 Å². The van der Waals surface area contributed by atoms with Gasteiger partial charge in [-0.2, -0.15) is 0 Å². The fourth-order valence-electron chi connectivity index (χ4n) is 5.18. The van der Waals surface area contributed by atoms with Gasteiger partial charge in [-0.05, 0) is 0 Å². The molecule has 0 amide bonds. The summed E-state index contributed by atoms with van der Waals surface area (Å²) >= 11 is 0.758. The summed E-state index contributed by atoms with van der Waals surface area (Å²) < 4.78 is 15.0. The Morgan fingerprint density at radius 3 is 1.50 bits per heavy atom. The van der Waals surface area contributed by atoms with Crippen molar-refractivity contribution in [1.82, 2.24) is 0 Å². The summed E-state index contributed by atoms with van der Waals surface area (Å²) in [7, 11) is 0. The first-order valence-electron chi connectivity index (χ1n) is 12.4. The summed E-state index contributed by atoms with van der Waals surface area (Å²) in [5.41, 5.74) is 2.94. The molecule has 0 spiro atoms. The van der Waals surface area contributed by atoms with Crippen LogP contribution in [-0.4, -0.2) is 55.3 Å². The van der Waals surface area contributed by atoms with Crippen LogP contribution < -0.4 is 8.92 Å². The van der Waals surface area contributed by atoms with Gasteiger partial charge in [-0.25, -0.2) is 0 Å². The van der Waals surface area contributed by atoms with E-state index in [1.165, 1.54) is 77.9 Å². The quantitative estimate of drug-likeness (QED) is 0.269. The van der Waals surface area contributed by atoms with E-state index in [2.05, 4.69) is 72.8 Å². The zero-order valence-electron chi connectivity index (χ0n) is 19.4. The average Bonchev–Trinajstić information content (AvgIpc) is 3.60. The molecule has 0 radical (unpaired) electrons. The van der Waals surface area contributed by atoms with E-state index >= 15 is 0 Å². The predicted octanol–water partition coefficient (Wildman–Crippen LogP) is 5.51. The number of hydrogen-bond acceptors (Lipinski definition) is 2. The summed E-state index contributed by atoms with van der Waals surface area (Å²) in [6, 6.07) is 27.4. The monoisotopic (exact) mass is 582 g/mol. The van der Waals surface area contributed by atoms with Crippen molar-refractivity contribution < 1.29 is 9.47 Å². The Morgan fingerprint density at radius 2 is 1.06 bits per heavy atom. The van der Waals surface area contributed by atoms with E-state index in [1.54, 1.807) is 0 Å². The number of ether oxygens (including phenoxy) is 2. The second-order valence-electron chi connectivity index (χ2n) is 9.21. The molecule has 2 fully saturated rings. The van der Waals surface area contributed by atoms with Crippen LogP contribution in [0.4, 0.5) is 0 Å². The molecule has 4 heteroatoms. The topological polar surface area (TPSA) is 18.5 Å². The van der Waals surface area contributed by atoms with Crippen molar-refractivity contribution >= 4 is 60.4 Å². The van der Waals surface area contributed by atoms with Gasteiger partial charge in [0.15, 0.2) is 0 Å². The van der Waals surface area contributed by atoms with E-state index in [9.17, 15) is 0 Å². The molecule has 2 atom stereocenters. The Labute approximate surface area is 214 Å². The maximum atomic E-state index is 6.00. The molecule has 34 heavy (non-hydrogen) atoms. The molecule has 0 saturated carbocycles. The van der Waals surface area contributed by atoms with E-state index in [4.69, 9.17) is 9.47 Å². The Morgan fingerprint density at radius 1 is 0.588 bits per heavy atom. The molecule has 2 aliphatic heterocycles. The molecule has 0 aliphatic carbocycles. The first-order valence-corrected chi connectivity index (χ1v) is 16.5. The standard InChI is InChI=1S/C30H30O2Se2/c1-3-11-25-21(7-1)13-15-27(33-19-23-9-5-17-31-23)29(25)30-26-12-4-2-8-22(26)14-16-28(30)34-20-24-10-6-18-32-24/h1-4,7-8,11-16,23-24H,5-6,9-10,17-20H2. The van der Waals surface area contributed by atoms with Crippen molar-refractivity contribution in [2.24, 2.45) is 0 Å². The predicted molar refractivity (Wildman–Crippen MR) is 145 cm³/mol. The van der Waals surface area contributed by atoms with Crippen LogP contribution in [0.25, 0.3) is 32.7 Å². The molecule has 2 heterocycles. The second-order valence-corrected chi connectivity index (χ2v) is 13.7. The van der Waals surface area contributed by atoms with Crippen LogP contribution in [0, 0.1) is 0 Å². The Hall–Kier alpha value is -1.64. The van der Waals surface area contributed by atoms with Gasteiger partial charge >= 0.3 is 216 Å². The summed E-state index contributed by atoms with van der Waals surface area (Å²) in [4.78, 5) is 0. The van der Waals surface area contributed by atoms with Gasteiger partial charge < -0.3 is 0 Å². The summed E-state index contributed by atoms with van der Waals surface area (Å²) in [5.74, 6) is 0. The number of benzene rings is 4. The zero-order chi connectivity index (χ0) is 22.7. The van der Waals surface area contributed by atoms with Crippen LogP contribution in [0.5, 0.6) is 0 Å². The number of hydrogen-bond donors (Lipinski definition) is 0. The van der Waals surface area contributed by atoms with E-state index in [0.29, 0.717) is 42.1 Å². The Kier molecular flexibility index (Phi) is 7.07. The van der Waals surface area contributed by atoms with Crippen molar-refractivity contribution in [1.29, 1.82) is 0 Å². The first kappa shape index (κ1) is 22.8. The van der Waals surface area contributed by atoms with Gasteiger partial charge in [-0.1, -0.05) is 0 Å². The fraction of sp³-hybridized carbons (Fsp3) is 0.333. The van der Waals surface area contributed by atoms with E-state index in [1.807, 2.05) is 0 Å². The van der Waals surface area contributed by atoms with Crippen molar-refractivity contribution in [3.63, 3.8) is 0 Å². The number of fused-ring (bicyclic) bond motifs is 2. The Bertz CT molecular complexity index is 1190.